The zero-order valence-corrected chi connectivity index (χ0v) is 7.05. The van der Waals surface area contributed by atoms with Crippen LogP contribution in [0.25, 0.3) is 0 Å². The van der Waals surface area contributed by atoms with Gasteiger partial charge in [-0.3, -0.25) is 0 Å². The van der Waals surface area contributed by atoms with Crippen molar-refractivity contribution in [1.82, 2.24) is 0 Å². The van der Waals surface area contributed by atoms with Crippen molar-refractivity contribution in [3.8, 4) is 0 Å². The Labute approximate surface area is 51.5 Å². The first-order valence-electron chi connectivity index (χ1n) is 0. The zero-order valence-electron chi connectivity index (χ0n) is 2.02. The molecule has 0 fully saturated rings. The van der Waals surface area contributed by atoms with Gasteiger partial charge in [0, 0.05) is 16.5 Å². The SMILES string of the molecule is O.O.[Ni].[SnH2]. The van der Waals surface area contributed by atoms with Crippen molar-refractivity contribution >= 4 is 23.9 Å². The van der Waals surface area contributed by atoms with Crippen molar-refractivity contribution in [2.75, 3.05) is 0 Å². The Bertz CT molecular complexity index is 6.00. The molecular formula is H6NiO2Sn. The first kappa shape index (κ1) is 62.9. The molecule has 32 valence electrons. The second-order valence-electron chi connectivity index (χ2n) is 0. The first-order valence-corrected chi connectivity index (χ1v) is 0. The van der Waals surface area contributed by atoms with E-state index in [9.17, 15) is 0 Å². The van der Waals surface area contributed by atoms with Gasteiger partial charge in [-0.1, -0.05) is 0 Å². The van der Waals surface area contributed by atoms with Crippen LogP contribution in [0, 0.1) is 0 Å². The molecule has 0 amide bonds. The van der Waals surface area contributed by atoms with Gasteiger partial charge in [0.15, 0.2) is 0 Å². The molecule has 0 atom stereocenters. The van der Waals surface area contributed by atoms with Crippen LogP contribution in [-0.4, -0.2) is 34.9 Å². The normalized spacial score (nSPS) is 0. The van der Waals surface area contributed by atoms with Gasteiger partial charge in [0.25, 0.3) is 0 Å². The second kappa shape index (κ2) is 29.6. The second-order valence-corrected chi connectivity index (χ2v) is 0. The molecule has 2 radical (unpaired) electrons. The zero-order chi connectivity index (χ0) is 0. The molecule has 0 aromatic heterocycles. The Hall–Kier alpha value is 1.21. The van der Waals surface area contributed by atoms with E-state index < -0.39 is 0 Å². The van der Waals surface area contributed by atoms with E-state index in [1.54, 1.807) is 0 Å². The monoisotopic (exact) mass is 216 g/mol. The Morgan fingerprint density at radius 1 is 0.750 bits per heavy atom. The van der Waals surface area contributed by atoms with E-state index in [1.165, 1.54) is 0 Å². The molecule has 0 unspecified atom stereocenters. The molecule has 4 heteroatoms. The van der Waals surface area contributed by atoms with Crippen LogP contribution in [-0.2, 0) is 16.5 Å². The molecule has 0 aliphatic rings. The molecular weight excluding hydrogens is 209 g/mol. The number of rotatable bonds is 0. The number of hydrogen-bond donors (Lipinski definition) is 0. The van der Waals surface area contributed by atoms with Gasteiger partial charge >= 0.3 is 23.9 Å². The fraction of sp³-hybridized carbons (Fsp3) is 0. The molecule has 2 nitrogen and oxygen atoms in total. The Kier molecular flexibility index (Phi) is 465. The predicted molar refractivity (Wildman–Crippen MR) is 15.8 cm³/mol. The van der Waals surface area contributed by atoms with Crippen molar-refractivity contribution < 1.29 is 27.4 Å². The van der Waals surface area contributed by atoms with Crippen LogP contribution in [0.4, 0.5) is 0 Å². The van der Waals surface area contributed by atoms with Crippen LogP contribution in [0.1, 0.15) is 0 Å². The van der Waals surface area contributed by atoms with Crippen molar-refractivity contribution in [3.63, 3.8) is 0 Å². The molecule has 0 aromatic rings. The standard InChI is InChI=1S/Ni.2H2O.Sn.2H/h;2*1H2;;;. The van der Waals surface area contributed by atoms with Gasteiger partial charge in [0.2, 0.25) is 0 Å². The summed E-state index contributed by atoms with van der Waals surface area (Å²) in [7, 11) is 0. The predicted octanol–water partition coefficient (Wildman–Crippen LogP) is -2.57. The summed E-state index contributed by atoms with van der Waals surface area (Å²) in [5.74, 6) is 0. The molecule has 0 bridgehead atoms. The number of hydrogen-bond acceptors (Lipinski definition) is 0. The molecule has 0 aliphatic carbocycles. The Morgan fingerprint density at radius 3 is 0.750 bits per heavy atom. The maximum absolute atomic E-state index is 0. The van der Waals surface area contributed by atoms with E-state index in [-0.39, 0.29) is 51.4 Å². The molecule has 4 N–H and O–H groups in total. The minimum absolute atomic E-state index is 0. The summed E-state index contributed by atoms with van der Waals surface area (Å²) in [6.45, 7) is 0. The van der Waals surface area contributed by atoms with E-state index in [1.807, 2.05) is 0 Å². The van der Waals surface area contributed by atoms with Crippen molar-refractivity contribution in [2.45, 2.75) is 0 Å². The minimum atomic E-state index is 0. The maximum atomic E-state index is 0. The average molecular weight is 215 g/mol. The fourth-order valence-corrected chi connectivity index (χ4v) is 0. The van der Waals surface area contributed by atoms with Gasteiger partial charge in [0.05, 0.1) is 0 Å². The van der Waals surface area contributed by atoms with Crippen LogP contribution in [0.2, 0.25) is 0 Å². The Balaban J connectivity index is 0. The van der Waals surface area contributed by atoms with Gasteiger partial charge in [-0.25, -0.2) is 0 Å². The van der Waals surface area contributed by atoms with Crippen LogP contribution >= 0.6 is 0 Å². The average Bonchev–Trinajstić information content (AvgIpc) is 0. The summed E-state index contributed by atoms with van der Waals surface area (Å²) in [5, 5.41) is 0. The van der Waals surface area contributed by atoms with Crippen LogP contribution < -0.4 is 0 Å². The summed E-state index contributed by atoms with van der Waals surface area (Å²) in [6, 6.07) is 0. The van der Waals surface area contributed by atoms with Gasteiger partial charge in [-0.15, -0.1) is 0 Å². The molecule has 4 heavy (non-hydrogen) atoms. The fourth-order valence-electron chi connectivity index (χ4n) is 0. The van der Waals surface area contributed by atoms with E-state index in [0.717, 1.165) is 0 Å². The molecule has 0 rings (SSSR count). The third-order valence-electron chi connectivity index (χ3n) is 0. The van der Waals surface area contributed by atoms with Crippen molar-refractivity contribution in [1.29, 1.82) is 0 Å². The van der Waals surface area contributed by atoms with Crippen LogP contribution in [0.5, 0.6) is 0 Å². The quantitative estimate of drug-likeness (QED) is 0.399. The van der Waals surface area contributed by atoms with Gasteiger partial charge < -0.3 is 11.0 Å². The summed E-state index contributed by atoms with van der Waals surface area (Å²) in [4.78, 5) is 0. The molecule has 0 spiro atoms. The summed E-state index contributed by atoms with van der Waals surface area (Å²) in [6.07, 6.45) is 0. The van der Waals surface area contributed by atoms with Crippen LogP contribution in [0.3, 0.4) is 0 Å². The van der Waals surface area contributed by atoms with Crippen LogP contribution in [0.15, 0.2) is 0 Å². The molecule has 0 aromatic carbocycles. The first-order chi connectivity index (χ1) is 0. The summed E-state index contributed by atoms with van der Waals surface area (Å²) in [5.41, 5.74) is 0. The van der Waals surface area contributed by atoms with Gasteiger partial charge in [0.1, 0.15) is 0 Å². The summed E-state index contributed by atoms with van der Waals surface area (Å²) < 4.78 is 0. The molecule has 0 heterocycles. The Morgan fingerprint density at radius 2 is 0.750 bits per heavy atom. The van der Waals surface area contributed by atoms with E-state index in [4.69, 9.17) is 0 Å². The van der Waals surface area contributed by atoms with E-state index in [0.29, 0.717) is 0 Å². The van der Waals surface area contributed by atoms with E-state index in [2.05, 4.69) is 0 Å². The van der Waals surface area contributed by atoms with Crippen molar-refractivity contribution in [2.24, 2.45) is 0 Å². The molecule has 0 saturated heterocycles. The van der Waals surface area contributed by atoms with E-state index >= 15 is 0 Å². The molecule has 0 saturated carbocycles. The third kappa shape index (κ3) is 10.7. The summed E-state index contributed by atoms with van der Waals surface area (Å²) >= 11 is 0. The van der Waals surface area contributed by atoms with Gasteiger partial charge in [-0.05, 0) is 0 Å². The molecule has 0 aliphatic heterocycles. The van der Waals surface area contributed by atoms with Crippen molar-refractivity contribution in [3.05, 3.63) is 0 Å². The van der Waals surface area contributed by atoms with Gasteiger partial charge in [-0.2, -0.15) is 0 Å². The topological polar surface area (TPSA) is 63.0 Å². The third-order valence-corrected chi connectivity index (χ3v) is 0.